The number of nitrogens with zero attached hydrogens (tertiary/aromatic N) is 5. The Morgan fingerprint density at radius 2 is 1.89 bits per heavy atom. The number of carbonyl (C=O) groups is 1. The van der Waals surface area contributed by atoms with Gasteiger partial charge in [0.2, 0.25) is 0 Å². The zero-order valence-corrected chi connectivity index (χ0v) is 16.0. The van der Waals surface area contributed by atoms with Crippen LogP contribution in [0.2, 0.25) is 0 Å². The summed E-state index contributed by atoms with van der Waals surface area (Å²) in [4.78, 5) is 27.8. The molecule has 0 radical (unpaired) electrons. The van der Waals surface area contributed by atoms with Crippen molar-refractivity contribution in [3.8, 4) is 0 Å². The van der Waals surface area contributed by atoms with Crippen LogP contribution in [-0.4, -0.2) is 73.4 Å². The molecule has 144 valence electrons. The van der Waals surface area contributed by atoms with Crippen molar-refractivity contribution in [2.45, 2.75) is 6.54 Å². The molecule has 2 aromatic rings. The first-order valence-electron chi connectivity index (χ1n) is 9.25. The maximum absolute atomic E-state index is 12.6. The molecular formula is C18H24N6O2S. The van der Waals surface area contributed by atoms with Crippen LogP contribution in [0.4, 0.5) is 15.7 Å². The molecule has 9 heteroatoms. The largest absolute Gasteiger partial charge is 0.378 e. The highest BCUT2D eigenvalue weighted by atomic mass is 32.1. The van der Waals surface area contributed by atoms with Crippen molar-refractivity contribution in [1.82, 2.24) is 20.2 Å². The molecule has 0 aliphatic carbocycles. The number of anilines is 2. The van der Waals surface area contributed by atoms with Gasteiger partial charge in [-0.2, -0.15) is 0 Å². The van der Waals surface area contributed by atoms with Crippen LogP contribution in [0.5, 0.6) is 0 Å². The van der Waals surface area contributed by atoms with Gasteiger partial charge in [0.25, 0.3) is 0 Å². The Labute approximate surface area is 162 Å². The summed E-state index contributed by atoms with van der Waals surface area (Å²) in [6.07, 6.45) is 3.62. The van der Waals surface area contributed by atoms with Gasteiger partial charge in [-0.15, -0.1) is 11.3 Å². The lowest BCUT2D eigenvalue weighted by Gasteiger charge is -2.34. The number of hydrogen-bond donors (Lipinski definition) is 1. The number of urea groups is 1. The van der Waals surface area contributed by atoms with Crippen molar-refractivity contribution in [2.24, 2.45) is 0 Å². The van der Waals surface area contributed by atoms with Gasteiger partial charge >= 0.3 is 6.03 Å². The number of ether oxygens (including phenoxy) is 1. The summed E-state index contributed by atoms with van der Waals surface area (Å²) in [6, 6.07) is 3.92. The number of aromatic nitrogens is 2. The fourth-order valence-corrected chi connectivity index (χ4v) is 4.08. The Kier molecular flexibility index (Phi) is 5.69. The van der Waals surface area contributed by atoms with E-state index >= 15 is 0 Å². The fourth-order valence-electron chi connectivity index (χ4n) is 3.38. The third kappa shape index (κ3) is 4.30. The summed E-state index contributed by atoms with van der Waals surface area (Å²) in [5, 5.41) is 6.06. The SMILES string of the molecule is O=C(NCc1cccnc1N1CCOCC1)N1CCN(c2nccs2)CC1. The lowest BCUT2D eigenvalue weighted by Crippen LogP contribution is -2.51. The lowest BCUT2D eigenvalue weighted by atomic mass is 10.2. The van der Waals surface area contributed by atoms with E-state index in [-0.39, 0.29) is 6.03 Å². The molecule has 4 rings (SSSR count). The highest BCUT2D eigenvalue weighted by Gasteiger charge is 2.23. The molecule has 0 saturated carbocycles. The van der Waals surface area contributed by atoms with E-state index in [9.17, 15) is 4.79 Å². The highest BCUT2D eigenvalue weighted by molar-refractivity contribution is 7.13. The van der Waals surface area contributed by atoms with E-state index in [1.165, 1.54) is 0 Å². The third-order valence-electron chi connectivity index (χ3n) is 4.86. The molecule has 0 aromatic carbocycles. The Hall–Kier alpha value is -2.39. The van der Waals surface area contributed by atoms with Crippen molar-refractivity contribution >= 4 is 28.3 Å². The smallest absolute Gasteiger partial charge is 0.317 e. The van der Waals surface area contributed by atoms with E-state index in [2.05, 4.69) is 25.1 Å². The Morgan fingerprint density at radius 3 is 2.63 bits per heavy atom. The normalized spacial score (nSPS) is 17.9. The number of nitrogens with one attached hydrogen (secondary N) is 1. The van der Waals surface area contributed by atoms with Gasteiger partial charge in [-0.3, -0.25) is 0 Å². The summed E-state index contributed by atoms with van der Waals surface area (Å²) in [6.45, 7) is 6.60. The standard InChI is InChI=1S/C18H24N6O2S/c25-17(23-5-7-24(8-6-23)18-20-4-13-27-18)21-14-15-2-1-3-19-16(15)22-9-11-26-12-10-22/h1-4,13H,5-12,14H2,(H,21,25). The third-order valence-corrected chi connectivity index (χ3v) is 5.70. The van der Waals surface area contributed by atoms with Crippen molar-refractivity contribution in [3.05, 3.63) is 35.5 Å². The number of hydrogen-bond acceptors (Lipinski definition) is 7. The predicted molar refractivity (Wildman–Crippen MR) is 105 cm³/mol. The molecule has 2 fully saturated rings. The summed E-state index contributed by atoms with van der Waals surface area (Å²) in [7, 11) is 0. The summed E-state index contributed by atoms with van der Waals surface area (Å²) in [5.41, 5.74) is 1.04. The van der Waals surface area contributed by atoms with Gasteiger partial charge in [0.15, 0.2) is 5.13 Å². The van der Waals surface area contributed by atoms with E-state index in [1.54, 1.807) is 17.5 Å². The molecule has 2 saturated heterocycles. The number of carbonyl (C=O) groups excluding carboxylic acids is 1. The van der Waals surface area contributed by atoms with E-state index < -0.39 is 0 Å². The molecule has 8 nitrogen and oxygen atoms in total. The summed E-state index contributed by atoms with van der Waals surface area (Å²) < 4.78 is 5.42. The van der Waals surface area contributed by atoms with Gasteiger partial charge in [0.05, 0.1) is 13.2 Å². The minimum atomic E-state index is -0.0226. The minimum Gasteiger partial charge on any atom is -0.378 e. The number of piperazine rings is 1. The molecule has 0 unspecified atom stereocenters. The fraction of sp³-hybridized carbons (Fsp3) is 0.500. The van der Waals surface area contributed by atoms with E-state index in [0.717, 1.165) is 42.7 Å². The molecule has 4 heterocycles. The van der Waals surface area contributed by atoms with Gasteiger partial charge in [0.1, 0.15) is 5.82 Å². The molecule has 2 aromatic heterocycles. The van der Waals surface area contributed by atoms with Crippen molar-refractivity contribution < 1.29 is 9.53 Å². The van der Waals surface area contributed by atoms with Gasteiger partial charge in [-0.05, 0) is 6.07 Å². The van der Waals surface area contributed by atoms with Crippen LogP contribution >= 0.6 is 11.3 Å². The Morgan fingerprint density at radius 1 is 1.07 bits per heavy atom. The van der Waals surface area contributed by atoms with Gasteiger partial charge in [-0.1, -0.05) is 6.07 Å². The van der Waals surface area contributed by atoms with Crippen LogP contribution in [0.25, 0.3) is 0 Å². The molecule has 0 spiro atoms. The van der Waals surface area contributed by atoms with E-state index in [4.69, 9.17) is 4.74 Å². The monoisotopic (exact) mass is 388 g/mol. The molecule has 27 heavy (non-hydrogen) atoms. The molecule has 1 N–H and O–H groups in total. The molecule has 2 amide bonds. The van der Waals surface area contributed by atoms with Crippen molar-refractivity contribution in [3.63, 3.8) is 0 Å². The molecule has 2 aliphatic heterocycles. The quantitative estimate of drug-likeness (QED) is 0.854. The zero-order valence-electron chi connectivity index (χ0n) is 15.2. The number of pyridine rings is 1. The number of rotatable bonds is 4. The minimum absolute atomic E-state index is 0.0226. The number of thiazole rings is 1. The van der Waals surface area contributed by atoms with Crippen LogP contribution in [-0.2, 0) is 11.3 Å². The van der Waals surface area contributed by atoms with Crippen LogP contribution in [0.15, 0.2) is 29.9 Å². The summed E-state index contributed by atoms with van der Waals surface area (Å²) in [5.74, 6) is 0.940. The molecule has 0 atom stereocenters. The average molecular weight is 388 g/mol. The highest BCUT2D eigenvalue weighted by Crippen LogP contribution is 2.20. The van der Waals surface area contributed by atoms with Crippen LogP contribution < -0.4 is 15.1 Å². The molecular weight excluding hydrogens is 364 g/mol. The predicted octanol–water partition coefficient (Wildman–Crippen LogP) is 1.41. The first kappa shape index (κ1) is 18.0. The Balaban J connectivity index is 1.31. The van der Waals surface area contributed by atoms with Gasteiger partial charge < -0.3 is 24.8 Å². The van der Waals surface area contributed by atoms with Crippen LogP contribution in [0, 0.1) is 0 Å². The van der Waals surface area contributed by atoms with Gasteiger partial charge in [0, 0.05) is 69.2 Å². The van der Waals surface area contributed by atoms with Crippen molar-refractivity contribution in [2.75, 3.05) is 62.3 Å². The van der Waals surface area contributed by atoms with Crippen molar-refractivity contribution in [1.29, 1.82) is 0 Å². The first-order valence-corrected chi connectivity index (χ1v) is 10.1. The van der Waals surface area contributed by atoms with Gasteiger partial charge in [-0.25, -0.2) is 14.8 Å². The molecule has 0 bridgehead atoms. The zero-order chi connectivity index (χ0) is 18.5. The molecule has 2 aliphatic rings. The second-order valence-electron chi connectivity index (χ2n) is 6.53. The summed E-state index contributed by atoms with van der Waals surface area (Å²) >= 11 is 1.64. The first-order chi connectivity index (χ1) is 13.3. The maximum atomic E-state index is 12.6. The average Bonchev–Trinajstić information content (AvgIpc) is 3.28. The second-order valence-corrected chi connectivity index (χ2v) is 7.41. The lowest BCUT2D eigenvalue weighted by molar-refractivity contribution is 0.122. The second kappa shape index (κ2) is 8.53. The van der Waals surface area contributed by atoms with Crippen LogP contribution in [0.1, 0.15) is 5.56 Å². The topological polar surface area (TPSA) is 73.8 Å². The van der Waals surface area contributed by atoms with Crippen LogP contribution in [0.3, 0.4) is 0 Å². The maximum Gasteiger partial charge on any atom is 0.317 e. The van der Waals surface area contributed by atoms with E-state index in [0.29, 0.717) is 32.8 Å². The number of amides is 2. The van der Waals surface area contributed by atoms with E-state index in [1.807, 2.05) is 28.6 Å². The Bertz CT molecular complexity index is 742. The number of morpholine rings is 1.